The molecule has 0 spiro atoms. The molecule has 29 heavy (non-hydrogen) atoms. The Morgan fingerprint density at radius 3 is 2.66 bits per heavy atom. The summed E-state index contributed by atoms with van der Waals surface area (Å²) in [6, 6.07) is 13.5. The molecule has 0 aliphatic carbocycles. The number of fused-ring (bicyclic) bond motifs is 4. The molecule has 2 aliphatic rings. The largest absolute Gasteiger partial charge is 0.462 e. The van der Waals surface area contributed by atoms with Gasteiger partial charge in [-0.25, -0.2) is 14.5 Å². The molecule has 3 amide bonds. The summed E-state index contributed by atoms with van der Waals surface area (Å²) in [7, 11) is 0. The molecule has 0 radical (unpaired) electrons. The average molecular weight is 389 g/mol. The first kappa shape index (κ1) is 17.5. The lowest BCUT2D eigenvalue weighted by molar-refractivity contribution is -0.120. The maximum Gasteiger partial charge on any atom is 0.338 e. The zero-order chi connectivity index (χ0) is 20.1. The minimum atomic E-state index is -0.515. The van der Waals surface area contributed by atoms with Crippen molar-refractivity contribution >= 4 is 34.5 Å². The van der Waals surface area contributed by atoms with Gasteiger partial charge in [0.2, 0.25) is 0 Å². The molecule has 1 N–H and O–H groups in total. The quantitative estimate of drug-likeness (QED) is 0.551. The van der Waals surface area contributed by atoms with E-state index in [9.17, 15) is 14.4 Å². The Bertz CT molecular complexity index is 1150. The van der Waals surface area contributed by atoms with Crippen LogP contribution in [0.1, 0.15) is 28.5 Å². The van der Waals surface area contributed by atoms with Crippen molar-refractivity contribution in [3.63, 3.8) is 0 Å². The zero-order valence-corrected chi connectivity index (χ0v) is 15.8. The van der Waals surface area contributed by atoms with Gasteiger partial charge in [-0.3, -0.25) is 4.79 Å². The van der Waals surface area contributed by atoms with Crippen LogP contribution in [-0.2, 0) is 22.5 Å². The Hall–Kier alpha value is -3.61. The van der Waals surface area contributed by atoms with Crippen molar-refractivity contribution in [1.82, 2.24) is 9.88 Å². The molecule has 1 fully saturated rings. The van der Waals surface area contributed by atoms with Gasteiger partial charge in [-0.1, -0.05) is 18.2 Å². The third-order valence-electron chi connectivity index (χ3n) is 5.58. The number of H-pyrrole nitrogens is 1. The van der Waals surface area contributed by atoms with Crippen LogP contribution in [0.4, 0.5) is 10.5 Å². The minimum Gasteiger partial charge on any atom is -0.462 e. The number of amides is 3. The van der Waals surface area contributed by atoms with Crippen molar-refractivity contribution in [1.29, 1.82) is 0 Å². The molecule has 0 bridgehead atoms. The fourth-order valence-electron chi connectivity index (χ4n) is 4.20. The van der Waals surface area contributed by atoms with Crippen LogP contribution in [0.2, 0.25) is 0 Å². The van der Waals surface area contributed by atoms with E-state index in [0.717, 1.165) is 22.2 Å². The summed E-state index contributed by atoms with van der Waals surface area (Å²) in [6.07, 6.45) is 0.487. The summed E-state index contributed by atoms with van der Waals surface area (Å²) in [5.41, 5.74) is 3.93. The van der Waals surface area contributed by atoms with E-state index in [1.807, 2.05) is 24.3 Å². The maximum atomic E-state index is 13.1. The van der Waals surface area contributed by atoms with E-state index in [1.54, 1.807) is 36.1 Å². The molecule has 7 heteroatoms. The average Bonchev–Trinajstić information content (AvgIpc) is 3.22. The lowest BCUT2D eigenvalue weighted by Crippen LogP contribution is -2.39. The molecule has 2 aromatic carbocycles. The highest BCUT2D eigenvalue weighted by molar-refractivity contribution is 6.21. The van der Waals surface area contributed by atoms with E-state index in [0.29, 0.717) is 24.2 Å². The second-order valence-electron chi connectivity index (χ2n) is 7.20. The monoisotopic (exact) mass is 389 g/mol. The van der Waals surface area contributed by atoms with Crippen LogP contribution in [-0.4, -0.2) is 40.4 Å². The van der Waals surface area contributed by atoms with E-state index in [-0.39, 0.29) is 18.5 Å². The summed E-state index contributed by atoms with van der Waals surface area (Å²) in [6.45, 7) is 2.40. The SMILES string of the molecule is CCOC(=O)c1ccc(N2C(=O)C3Cc4c([nH]c5ccccc45)CN3C2=O)cc1. The first-order valence-corrected chi connectivity index (χ1v) is 9.58. The highest BCUT2D eigenvalue weighted by Gasteiger charge is 2.48. The number of hydrogen-bond acceptors (Lipinski definition) is 4. The molecular formula is C22H19N3O4. The van der Waals surface area contributed by atoms with Crippen LogP contribution < -0.4 is 4.90 Å². The van der Waals surface area contributed by atoms with Crippen molar-refractivity contribution in [2.75, 3.05) is 11.5 Å². The number of anilines is 1. The molecule has 1 unspecified atom stereocenters. The number of nitrogens with one attached hydrogen (secondary N) is 1. The number of benzene rings is 2. The van der Waals surface area contributed by atoms with Crippen LogP contribution in [0.15, 0.2) is 48.5 Å². The van der Waals surface area contributed by atoms with Gasteiger partial charge in [0.25, 0.3) is 5.91 Å². The smallest absolute Gasteiger partial charge is 0.338 e. The Kier molecular flexibility index (Phi) is 3.91. The van der Waals surface area contributed by atoms with E-state index in [1.165, 1.54) is 4.90 Å². The summed E-state index contributed by atoms with van der Waals surface area (Å²) in [5, 5.41) is 1.10. The van der Waals surface area contributed by atoms with E-state index in [4.69, 9.17) is 4.74 Å². The van der Waals surface area contributed by atoms with Gasteiger partial charge in [-0.15, -0.1) is 0 Å². The van der Waals surface area contributed by atoms with Crippen LogP contribution in [0.25, 0.3) is 10.9 Å². The summed E-state index contributed by atoms with van der Waals surface area (Å²) in [4.78, 5) is 44.1. The molecule has 3 heterocycles. The lowest BCUT2D eigenvalue weighted by Gasteiger charge is -2.26. The van der Waals surface area contributed by atoms with Gasteiger partial charge in [0.05, 0.1) is 24.4 Å². The Morgan fingerprint density at radius 2 is 1.90 bits per heavy atom. The lowest BCUT2D eigenvalue weighted by atomic mass is 9.97. The minimum absolute atomic E-state index is 0.241. The van der Waals surface area contributed by atoms with Crippen LogP contribution in [0, 0.1) is 0 Å². The topological polar surface area (TPSA) is 82.7 Å². The number of aromatic amines is 1. The Balaban J connectivity index is 1.45. The highest BCUT2D eigenvalue weighted by atomic mass is 16.5. The number of urea groups is 1. The molecule has 146 valence electrons. The van der Waals surface area contributed by atoms with Crippen molar-refractivity contribution in [3.05, 3.63) is 65.4 Å². The number of esters is 1. The van der Waals surface area contributed by atoms with Crippen molar-refractivity contribution < 1.29 is 19.1 Å². The summed E-state index contributed by atoms with van der Waals surface area (Å²) >= 11 is 0. The van der Waals surface area contributed by atoms with Gasteiger partial charge >= 0.3 is 12.0 Å². The van der Waals surface area contributed by atoms with Crippen LogP contribution in [0.3, 0.4) is 0 Å². The Labute approximate surface area is 166 Å². The van der Waals surface area contributed by atoms with Crippen molar-refractivity contribution in [3.8, 4) is 0 Å². The molecular weight excluding hydrogens is 370 g/mol. The Morgan fingerprint density at radius 1 is 1.14 bits per heavy atom. The molecule has 2 aliphatic heterocycles. The van der Waals surface area contributed by atoms with Gasteiger partial charge in [-0.2, -0.15) is 0 Å². The van der Waals surface area contributed by atoms with Gasteiger partial charge < -0.3 is 14.6 Å². The number of aromatic nitrogens is 1. The highest BCUT2D eigenvalue weighted by Crippen LogP contribution is 2.36. The number of nitrogens with zero attached hydrogens (tertiary/aromatic N) is 2. The number of para-hydroxylation sites is 1. The second kappa shape index (κ2) is 6.48. The van der Waals surface area contributed by atoms with Gasteiger partial charge in [0.1, 0.15) is 6.04 Å². The number of rotatable bonds is 3. The number of carbonyl (C=O) groups excluding carboxylic acids is 3. The third kappa shape index (κ3) is 2.61. The van der Waals surface area contributed by atoms with Gasteiger partial charge in [0.15, 0.2) is 0 Å². The maximum absolute atomic E-state index is 13.1. The number of ether oxygens (including phenoxy) is 1. The standard InChI is InChI=1S/C22H19N3O4/c1-2-29-21(27)13-7-9-14(10-8-13)25-20(26)19-11-16-15-5-3-4-6-17(15)23-18(16)12-24(19)22(25)28/h3-10,19,23H,2,11-12H2,1H3. The van der Waals surface area contributed by atoms with E-state index >= 15 is 0 Å². The fraction of sp³-hybridized carbons (Fsp3) is 0.227. The number of imide groups is 1. The molecule has 1 atom stereocenters. The summed E-state index contributed by atoms with van der Waals surface area (Å²) < 4.78 is 4.98. The molecule has 5 rings (SSSR count). The molecule has 7 nitrogen and oxygen atoms in total. The van der Waals surface area contributed by atoms with E-state index in [2.05, 4.69) is 4.98 Å². The molecule has 3 aromatic rings. The number of hydrogen-bond donors (Lipinski definition) is 1. The van der Waals surface area contributed by atoms with E-state index < -0.39 is 12.0 Å². The molecule has 0 saturated carbocycles. The molecule has 1 aromatic heterocycles. The van der Waals surface area contributed by atoms with Crippen LogP contribution >= 0.6 is 0 Å². The zero-order valence-electron chi connectivity index (χ0n) is 15.8. The van der Waals surface area contributed by atoms with Crippen molar-refractivity contribution in [2.45, 2.75) is 25.9 Å². The number of carbonyl (C=O) groups is 3. The fourth-order valence-corrected chi connectivity index (χ4v) is 4.20. The first-order chi connectivity index (χ1) is 14.1. The summed E-state index contributed by atoms with van der Waals surface area (Å²) in [5.74, 6) is -0.671. The van der Waals surface area contributed by atoms with Gasteiger partial charge in [0, 0.05) is 23.0 Å². The normalized spacial score (nSPS) is 18.2. The second-order valence-corrected chi connectivity index (χ2v) is 7.20. The predicted octanol–water partition coefficient (Wildman–Crippen LogP) is 3.24. The van der Waals surface area contributed by atoms with Gasteiger partial charge in [-0.05, 0) is 42.8 Å². The third-order valence-corrected chi connectivity index (χ3v) is 5.58. The predicted molar refractivity (Wildman–Crippen MR) is 107 cm³/mol. The van der Waals surface area contributed by atoms with Crippen molar-refractivity contribution in [2.24, 2.45) is 0 Å². The molecule has 1 saturated heterocycles. The first-order valence-electron chi connectivity index (χ1n) is 9.58. The van der Waals surface area contributed by atoms with Crippen LogP contribution in [0.5, 0.6) is 0 Å².